The molecule has 3 N–H and O–H groups in total. The van der Waals surface area contributed by atoms with Crippen LogP contribution in [0.1, 0.15) is 51.1 Å². The summed E-state index contributed by atoms with van der Waals surface area (Å²) in [6, 6.07) is 6.04. The van der Waals surface area contributed by atoms with Crippen LogP contribution in [0.4, 0.5) is 0 Å². The second-order valence-electron chi connectivity index (χ2n) is 6.25. The number of hydrogen-bond donors (Lipinski definition) is 3. The van der Waals surface area contributed by atoms with Crippen molar-refractivity contribution in [1.82, 2.24) is 16.0 Å². The van der Waals surface area contributed by atoms with E-state index in [1.807, 2.05) is 26.0 Å². The number of aliphatic imine (C=N–C) groups is 1. The maximum absolute atomic E-state index is 11.7. The normalized spacial score (nSPS) is 15.0. The van der Waals surface area contributed by atoms with Crippen LogP contribution in [-0.2, 0) is 4.79 Å². The number of rotatable bonds is 8. The molecule has 0 saturated heterocycles. The molecule has 1 aromatic carbocycles. The van der Waals surface area contributed by atoms with Gasteiger partial charge in [-0.1, -0.05) is 29.3 Å². The number of hydrogen-bond acceptors (Lipinski definition) is 2. The minimum atomic E-state index is 0. The summed E-state index contributed by atoms with van der Waals surface area (Å²) in [5.74, 6) is 0.850. The van der Waals surface area contributed by atoms with Gasteiger partial charge in [-0.2, -0.15) is 0 Å². The number of benzene rings is 1. The number of halogens is 3. The van der Waals surface area contributed by atoms with Gasteiger partial charge in [-0.25, -0.2) is 0 Å². The van der Waals surface area contributed by atoms with Crippen LogP contribution in [0.25, 0.3) is 0 Å². The highest BCUT2D eigenvalue weighted by Gasteiger charge is 2.22. The minimum Gasteiger partial charge on any atom is -0.357 e. The molecule has 1 aromatic rings. The first-order chi connectivity index (χ1) is 12.0. The highest BCUT2D eigenvalue weighted by molar-refractivity contribution is 14.0. The molecule has 146 valence electrons. The standard InChI is InChI=1S/C18H26Cl2N4O.HI/c1-3-21-18(22-10-4-5-17(25)24-14-7-8-14)23-12(2)13-6-9-15(19)16(20)11-13;/h6,9,11-12,14H,3-5,7-8,10H2,1-2H3,(H,24,25)(H2,21,22,23);1H. The lowest BCUT2D eigenvalue weighted by atomic mass is 10.1. The van der Waals surface area contributed by atoms with E-state index >= 15 is 0 Å². The van der Waals surface area contributed by atoms with E-state index in [-0.39, 0.29) is 35.9 Å². The van der Waals surface area contributed by atoms with Crippen molar-refractivity contribution < 1.29 is 4.79 Å². The first-order valence-corrected chi connectivity index (χ1v) is 9.54. The lowest BCUT2D eigenvalue weighted by Gasteiger charge is -2.18. The summed E-state index contributed by atoms with van der Waals surface area (Å²) < 4.78 is 0. The summed E-state index contributed by atoms with van der Waals surface area (Å²) >= 11 is 12.0. The maximum atomic E-state index is 11.7. The molecule has 1 aliphatic carbocycles. The Kier molecular flexibility index (Phi) is 10.6. The van der Waals surface area contributed by atoms with Gasteiger partial charge in [-0.15, -0.1) is 24.0 Å². The number of nitrogens with zero attached hydrogens (tertiary/aromatic N) is 1. The number of carbonyl (C=O) groups is 1. The topological polar surface area (TPSA) is 65.5 Å². The second kappa shape index (κ2) is 11.9. The second-order valence-corrected chi connectivity index (χ2v) is 7.06. The SMILES string of the molecule is CCNC(=NCCCC(=O)NC1CC1)NC(C)c1ccc(Cl)c(Cl)c1.I. The van der Waals surface area contributed by atoms with Gasteiger partial charge < -0.3 is 16.0 Å². The molecule has 0 spiro atoms. The van der Waals surface area contributed by atoms with Crippen LogP contribution >= 0.6 is 47.2 Å². The van der Waals surface area contributed by atoms with E-state index in [1.54, 1.807) is 6.07 Å². The molecule has 1 atom stereocenters. The quantitative estimate of drug-likeness (QED) is 0.211. The average Bonchev–Trinajstić information content (AvgIpc) is 3.38. The zero-order chi connectivity index (χ0) is 18.2. The Bertz CT molecular complexity index is 623. The van der Waals surface area contributed by atoms with Crippen LogP contribution in [0.15, 0.2) is 23.2 Å². The van der Waals surface area contributed by atoms with Gasteiger partial charge in [0.15, 0.2) is 5.96 Å². The Balaban J connectivity index is 0.00000338. The molecule has 0 aromatic heterocycles. The fourth-order valence-electron chi connectivity index (χ4n) is 2.35. The van der Waals surface area contributed by atoms with E-state index in [2.05, 4.69) is 20.9 Å². The Morgan fingerprint density at radius 3 is 2.65 bits per heavy atom. The van der Waals surface area contributed by atoms with Gasteiger partial charge in [0.1, 0.15) is 0 Å². The fraction of sp³-hybridized carbons (Fsp3) is 0.556. The van der Waals surface area contributed by atoms with E-state index in [9.17, 15) is 4.79 Å². The molecular weight excluding hydrogens is 486 g/mol. The van der Waals surface area contributed by atoms with Crippen LogP contribution in [0.3, 0.4) is 0 Å². The molecule has 5 nitrogen and oxygen atoms in total. The van der Waals surface area contributed by atoms with Gasteiger partial charge in [0.25, 0.3) is 0 Å². The first kappa shape index (κ1) is 23.3. The molecule has 1 saturated carbocycles. The van der Waals surface area contributed by atoms with Crippen molar-refractivity contribution in [1.29, 1.82) is 0 Å². The van der Waals surface area contributed by atoms with Gasteiger partial charge in [0.2, 0.25) is 5.91 Å². The maximum Gasteiger partial charge on any atom is 0.220 e. The van der Waals surface area contributed by atoms with Gasteiger partial charge in [-0.3, -0.25) is 9.79 Å². The van der Waals surface area contributed by atoms with Crippen molar-refractivity contribution >= 4 is 59.0 Å². The van der Waals surface area contributed by atoms with E-state index in [0.717, 1.165) is 37.3 Å². The lowest BCUT2D eigenvalue weighted by molar-refractivity contribution is -0.121. The lowest BCUT2D eigenvalue weighted by Crippen LogP contribution is -2.38. The predicted molar refractivity (Wildman–Crippen MR) is 120 cm³/mol. The molecule has 0 bridgehead atoms. The van der Waals surface area contributed by atoms with E-state index in [1.165, 1.54) is 0 Å². The number of guanidine groups is 1. The Morgan fingerprint density at radius 1 is 1.31 bits per heavy atom. The third kappa shape index (κ3) is 8.31. The monoisotopic (exact) mass is 512 g/mol. The van der Waals surface area contributed by atoms with E-state index < -0.39 is 0 Å². The smallest absolute Gasteiger partial charge is 0.220 e. The van der Waals surface area contributed by atoms with Gasteiger partial charge >= 0.3 is 0 Å². The minimum absolute atomic E-state index is 0. The number of nitrogens with one attached hydrogen (secondary N) is 3. The third-order valence-electron chi connectivity index (χ3n) is 3.92. The van der Waals surface area contributed by atoms with Crippen molar-refractivity contribution in [2.45, 2.75) is 51.6 Å². The van der Waals surface area contributed by atoms with Crippen molar-refractivity contribution in [2.24, 2.45) is 4.99 Å². The Labute approximate surface area is 182 Å². The van der Waals surface area contributed by atoms with E-state index in [4.69, 9.17) is 23.2 Å². The summed E-state index contributed by atoms with van der Waals surface area (Å²) in [4.78, 5) is 16.2. The molecule has 8 heteroatoms. The molecule has 1 amide bonds. The van der Waals surface area contributed by atoms with Crippen LogP contribution in [0.5, 0.6) is 0 Å². The van der Waals surface area contributed by atoms with Crippen LogP contribution in [-0.4, -0.2) is 31.0 Å². The first-order valence-electron chi connectivity index (χ1n) is 8.78. The highest BCUT2D eigenvalue weighted by Crippen LogP contribution is 2.25. The summed E-state index contributed by atoms with van der Waals surface area (Å²) in [7, 11) is 0. The summed E-state index contributed by atoms with van der Waals surface area (Å²) in [6.07, 6.45) is 3.48. The average molecular weight is 513 g/mol. The van der Waals surface area contributed by atoms with E-state index in [0.29, 0.717) is 29.1 Å². The summed E-state index contributed by atoms with van der Waals surface area (Å²) in [5, 5.41) is 10.6. The largest absolute Gasteiger partial charge is 0.357 e. The number of carbonyl (C=O) groups excluding carboxylic acids is 1. The summed E-state index contributed by atoms with van der Waals surface area (Å²) in [5.41, 5.74) is 1.03. The van der Waals surface area contributed by atoms with Gasteiger partial charge in [0, 0.05) is 25.6 Å². The molecule has 1 unspecified atom stereocenters. The molecule has 1 aliphatic rings. The molecule has 0 aliphatic heterocycles. The molecule has 1 fully saturated rings. The van der Waals surface area contributed by atoms with Crippen molar-refractivity contribution in [3.63, 3.8) is 0 Å². The van der Waals surface area contributed by atoms with Crippen molar-refractivity contribution in [3.05, 3.63) is 33.8 Å². The van der Waals surface area contributed by atoms with Crippen LogP contribution in [0.2, 0.25) is 10.0 Å². The molecule has 0 radical (unpaired) electrons. The molecule has 2 rings (SSSR count). The van der Waals surface area contributed by atoms with Crippen LogP contribution in [0, 0.1) is 0 Å². The fourth-order valence-corrected chi connectivity index (χ4v) is 2.65. The summed E-state index contributed by atoms with van der Waals surface area (Å²) in [6.45, 7) is 5.42. The predicted octanol–water partition coefficient (Wildman–Crippen LogP) is 4.29. The highest BCUT2D eigenvalue weighted by atomic mass is 127. The van der Waals surface area contributed by atoms with Crippen LogP contribution < -0.4 is 16.0 Å². The molecule has 0 heterocycles. The van der Waals surface area contributed by atoms with Gasteiger partial charge in [0.05, 0.1) is 16.1 Å². The Morgan fingerprint density at radius 2 is 2.04 bits per heavy atom. The van der Waals surface area contributed by atoms with Gasteiger partial charge in [-0.05, 0) is 50.8 Å². The van der Waals surface area contributed by atoms with Crippen molar-refractivity contribution in [2.75, 3.05) is 13.1 Å². The number of amides is 1. The Hall–Kier alpha value is -0.730. The molecule has 26 heavy (non-hydrogen) atoms. The zero-order valence-electron chi connectivity index (χ0n) is 15.1. The van der Waals surface area contributed by atoms with Crippen molar-refractivity contribution in [3.8, 4) is 0 Å². The third-order valence-corrected chi connectivity index (χ3v) is 4.65. The zero-order valence-corrected chi connectivity index (χ0v) is 19.0. The molecular formula is C18H27Cl2IN4O.